The SMILES string of the molecule is CS(=O)(=NC#N)c1ccccn1. The molecular weight excluding hydrogens is 174 g/mol. The van der Waals surface area contributed by atoms with Crippen molar-refractivity contribution < 1.29 is 4.21 Å². The average molecular weight is 181 g/mol. The van der Waals surface area contributed by atoms with E-state index in [1.165, 1.54) is 18.6 Å². The molecule has 1 heterocycles. The molecule has 0 aliphatic rings. The van der Waals surface area contributed by atoms with Crippen molar-refractivity contribution >= 4 is 9.73 Å². The molecular formula is C7H7N3OS. The maximum atomic E-state index is 11.5. The first kappa shape index (κ1) is 8.68. The van der Waals surface area contributed by atoms with Crippen LogP contribution in [-0.4, -0.2) is 15.4 Å². The number of hydrogen-bond acceptors (Lipinski definition) is 4. The largest absolute Gasteiger partial charge is 0.246 e. The van der Waals surface area contributed by atoms with Gasteiger partial charge in [0.2, 0.25) is 6.19 Å². The van der Waals surface area contributed by atoms with Gasteiger partial charge in [-0.25, -0.2) is 9.19 Å². The molecule has 5 heteroatoms. The maximum absolute atomic E-state index is 11.5. The summed E-state index contributed by atoms with van der Waals surface area (Å²) in [6.07, 6.45) is 4.42. The Hall–Kier alpha value is -1.41. The van der Waals surface area contributed by atoms with E-state index in [1.807, 2.05) is 0 Å². The van der Waals surface area contributed by atoms with Crippen LogP contribution in [0.2, 0.25) is 0 Å². The number of rotatable bonds is 1. The van der Waals surface area contributed by atoms with Crippen molar-refractivity contribution in [3.05, 3.63) is 24.4 Å². The fraction of sp³-hybridized carbons (Fsp3) is 0.143. The van der Waals surface area contributed by atoms with E-state index in [0.29, 0.717) is 5.03 Å². The van der Waals surface area contributed by atoms with Gasteiger partial charge in [0, 0.05) is 12.5 Å². The topological polar surface area (TPSA) is 66.1 Å². The Labute approximate surface area is 71.1 Å². The van der Waals surface area contributed by atoms with Crippen molar-refractivity contribution in [2.45, 2.75) is 5.03 Å². The van der Waals surface area contributed by atoms with Crippen LogP contribution in [-0.2, 0) is 9.73 Å². The maximum Gasteiger partial charge on any atom is 0.215 e. The monoisotopic (exact) mass is 181 g/mol. The predicted octanol–water partition coefficient (Wildman–Crippen LogP) is 1.02. The Morgan fingerprint density at radius 1 is 1.67 bits per heavy atom. The smallest absolute Gasteiger partial charge is 0.215 e. The molecule has 1 unspecified atom stereocenters. The summed E-state index contributed by atoms with van der Waals surface area (Å²) in [6.45, 7) is 0. The second kappa shape index (κ2) is 3.32. The lowest BCUT2D eigenvalue weighted by molar-refractivity contribution is 0.678. The molecule has 0 bridgehead atoms. The molecule has 0 spiro atoms. The van der Waals surface area contributed by atoms with E-state index in [9.17, 15) is 4.21 Å². The van der Waals surface area contributed by atoms with E-state index in [0.717, 1.165) is 0 Å². The fourth-order valence-corrected chi connectivity index (χ4v) is 1.53. The molecule has 0 N–H and O–H groups in total. The molecule has 0 saturated heterocycles. The zero-order chi connectivity index (χ0) is 9.03. The molecule has 0 aliphatic carbocycles. The first-order valence-corrected chi connectivity index (χ1v) is 5.10. The van der Waals surface area contributed by atoms with Gasteiger partial charge in [0.25, 0.3) is 0 Å². The molecule has 0 radical (unpaired) electrons. The molecule has 0 aliphatic heterocycles. The number of nitriles is 1. The summed E-state index contributed by atoms with van der Waals surface area (Å²) in [5.41, 5.74) is 0. The minimum atomic E-state index is -2.61. The zero-order valence-corrected chi connectivity index (χ0v) is 7.28. The Balaban J connectivity index is 3.28. The van der Waals surface area contributed by atoms with Gasteiger partial charge in [0.1, 0.15) is 14.8 Å². The van der Waals surface area contributed by atoms with Crippen LogP contribution in [0, 0.1) is 11.5 Å². The van der Waals surface area contributed by atoms with Gasteiger partial charge >= 0.3 is 0 Å². The molecule has 1 atom stereocenters. The average Bonchev–Trinajstić information content (AvgIpc) is 2.06. The van der Waals surface area contributed by atoms with Crippen molar-refractivity contribution in [3.63, 3.8) is 0 Å². The minimum absolute atomic E-state index is 0.339. The molecule has 1 aromatic heterocycles. The van der Waals surface area contributed by atoms with Gasteiger partial charge in [0.05, 0.1) is 0 Å². The number of aromatic nitrogens is 1. The molecule has 0 fully saturated rings. The summed E-state index contributed by atoms with van der Waals surface area (Å²) < 4.78 is 14.8. The van der Waals surface area contributed by atoms with E-state index in [2.05, 4.69) is 9.35 Å². The van der Waals surface area contributed by atoms with Crippen LogP contribution >= 0.6 is 0 Å². The zero-order valence-electron chi connectivity index (χ0n) is 6.47. The van der Waals surface area contributed by atoms with Crippen molar-refractivity contribution in [1.29, 1.82) is 5.26 Å². The number of hydrogen-bond donors (Lipinski definition) is 0. The quantitative estimate of drug-likeness (QED) is 0.607. The van der Waals surface area contributed by atoms with Gasteiger partial charge < -0.3 is 0 Å². The van der Waals surface area contributed by atoms with Crippen LogP contribution in [0.4, 0.5) is 0 Å². The van der Waals surface area contributed by atoms with Crippen molar-refractivity contribution in [1.82, 2.24) is 4.98 Å². The third-order valence-electron chi connectivity index (χ3n) is 1.24. The predicted molar refractivity (Wildman–Crippen MR) is 44.6 cm³/mol. The molecule has 62 valence electrons. The highest BCUT2D eigenvalue weighted by molar-refractivity contribution is 7.93. The lowest BCUT2D eigenvalue weighted by atomic mass is 10.5. The summed E-state index contributed by atoms with van der Waals surface area (Å²) in [6, 6.07) is 5.01. The third-order valence-corrected chi connectivity index (χ3v) is 2.69. The summed E-state index contributed by atoms with van der Waals surface area (Å²) >= 11 is 0. The molecule has 0 amide bonds. The standard InChI is InChI=1S/C7H7N3OS/c1-12(11,10-6-8)7-4-2-3-5-9-7/h2-5H,1H3. The van der Waals surface area contributed by atoms with E-state index in [1.54, 1.807) is 18.2 Å². The van der Waals surface area contributed by atoms with E-state index in [-0.39, 0.29) is 0 Å². The van der Waals surface area contributed by atoms with Crippen molar-refractivity contribution in [2.75, 3.05) is 6.26 Å². The summed E-state index contributed by atoms with van der Waals surface area (Å²) in [5, 5.41) is 8.58. The summed E-state index contributed by atoms with van der Waals surface area (Å²) in [7, 11) is -2.61. The Kier molecular flexibility index (Phi) is 2.41. The first-order chi connectivity index (χ1) is 5.67. The van der Waals surface area contributed by atoms with Crippen LogP contribution in [0.25, 0.3) is 0 Å². The first-order valence-electron chi connectivity index (χ1n) is 3.18. The van der Waals surface area contributed by atoms with Crippen LogP contribution in [0.5, 0.6) is 0 Å². The molecule has 4 nitrogen and oxygen atoms in total. The Morgan fingerprint density at radius 3 is 2.92 bits per heavy atom. The van der Waals surface area contributed by atoms with Crippen LogP contribution < -0.4 is 0 Å². The summed E-state index contributed by atoms with van der Waals surface area (Å²) in [4.78, 5) is 3.85. The van der Waals surface area contributed by atoms with Gasteiger partial charge in [-0.05, 0) is 12.1 Å². The van der Waals surface area contributed by atoms with Gasteiger partial charge in [-0.2, -0.15) is 5.26 Å². The fourth-order valence-electron chi connectivity index (χ4n) is 0.696. The summed E-state index contributed by atoms with van der Waals surface area (Å²) in [5.74, 6) is 0. The lowest BCUT2D eigenvalue weighted by Crippen LogP contribution is -1.98. The molecule has 1 rings (SSSR count). The second-order valence-electron chi connectivity index (χ2n) is 2.16. The van der Waals surface area contributed by atoms with E-state index >= 15 is 0 Å². The van der Waals surface area contributed by atoms with Crippen LogP contribution in [0.3, 0.4) is 0 Å². The highest BCUT2D eigenvalue weighted by Gasteiger charge is 2.04. The molecule has 1 aromatic rings. The highest BCUT2D eigenvalue weighted by atomic mass is 32.2. The Bertz CT molecular complexity index is 412. The van der Waals surface area contributed by atoms with Crippen LogP contribution in [0.15, 0.2) is 33.8 Å². The minimum Gasteiger partial charge on any atom is -0.246 e. The normalized spacial score (nSPS) is 14.3. The third kappa shape index (κ3) is 1.80. The van der Waals surface area contributed by atoms with E-state index in [4.69, 9.17) is 5.26 Å². The molecule has 12 heavy (non-hydrogen) atoms. The molecule has 0 aromatic carbocycles. The van der Waals surface area contributed by atoms with Gasteiger partial charge in [-0.15, -0.1) is 4.36 Å². The van der Waals surface area contributed by atoms with Crippen LogP contribution in [0.1, 0.15) is 0 Å². The molecule has 0 saturated carbocycles. The van der Waals surface area contributed by atoms with E-state index < -0.39 is 9.73 Å². The highest BCUT2D eigenvalue weighted by Crippen LogP contribution is 2.05. The Morgan fingerprint density at radius 2 is 2.42 bits per heavy atom. The van der Waals surface area contributed by atoms with Gasteiger partial charge in [-0.1, -0.05) is 6.07 Å². The number of nitrogens with zero attached hydrogens (tertiary/aromatic N) is 3. The number of pyridine rings is 1. The van der Waals surface area contributed by atoms with Gasteiger partial charge in [0.15, 0.2) is 0 Å². The lowest BCUT2D eigenvalue weighted by Gasteiger charge is -1.97. The second-order valence-corrected chi connectivity index (χ2v) is 4.37. The van der Waals surface area contributed by atoms with Crippen molar-refractivity contribution in [3.8, 4) is 6.19 Å². The van der Waals surface area contributed by atoms with Gasteiger partial charge in [-0.3, -0.25) is 0 Å². The van der Waals surface area contributed by atoms with Crippen molar-refractivity contribution in [2.24, 2.45) is 4.36 Å².